The first-order valence-electron chi connectivity index (χ1n) is 9.93. The maximum absolute atomic E-state index is 12.9. The Kier molecular flexibility index (Phi) is 4.96. The number of nitrogens with two attached hydrogens (primary N) is 2. The van der Waals surface area contributed by atoms with Crippen LogP contribution in [0.1, 0.15) is 42.5 Å². The van der Waals surface area contributed by atoms with Crippen molar-refractivity contribution < 1.29 is 4.79 Å². The maximum atomic E-state index is 12.9. The zero-order valence-electron chi connectivity index (χ0n) is 16.6. The summed E-state index contributed by atoms with van der Waals surface area (Å²) >= 11 is 0. The highest BCUT2D eigenvalue weighted by Crippen LogP contribution is 2.39. The number of hydrogen-bond donors (Lipinski definition) is 2. The molecular weight excluding hydrogens is 364 g/mol. The highest BCUT2D eigenvalue weighted by atomic mass is 16.2. The second-order valence-electron chi connectivity index (χ2n) is 7.57. The number of rotatable bonds is 3. The Morgan fingerprint density at radius 1 is 1.00 bits per heavy atom. The zero-order valence-corrected chi connectivity index (χ0v) is 16.6. The van der Waals surface area contributed by atoms with Crippen molar-refractivity contribution in [3.05, 3.63) is 60.2 Å². The van der Waals surface area contributed by atoms with Crippen LogP contribution in [-0.4, -0.2) is 30.5 Å². The predicted molar refractivity (Wildman–Crippen MR) is 117 cm³/mol. The number of para-hydroxylation sites is 1. The summed E-state index contributed by atoms with van der Waals surface area (Å²) in [5, 5.41) is 0. The Hall–Kier alpha value is -3.35. The zero-order chi connectivity index (χ0) is 20.4. The van der Waals surface area contributed by atoms with Crippen molar-refractivity contribution in [3.63, 3.8) is 0 Å². The SMILES string of the molecule is CN(C(=O)c1ccc(N2C(N)=NC(N)=NC23CCCCC3)cc1)c1ccccc1. The smallest absolute Gasteiger partial charge is 0.258 e. The van der Waals surface area contributed by atoms with E-state index in [2.05, 4.69) is 9.98 Å². The average Bonchev–Trinajstić information content (AvgIpc) is 2.74. The summed E-state index contributed by atoms with van der Waals surface area (Å²) in [7, 11) is 1.77. The van der Waals surface area contributed by atoms with Crippen molar-refractivity contribution in [1.82, 2.24) is 0 Å². The van der Waals surface area contributed by atoms with Crippen LogP contribution in [0.3, 0.4) is 0 Å². The van der Waals surface area contributed by atoms with E-state index in [1.54, 1.807) is 11.9 Å². The molecule has 1 fully saturated rings. The average molecular weight is 390 g/mol. The van der Waals surface area contributed by atoms with E-state index in [4.69, 9.17) is 11.5 Å². The number of carbonyl (C=O) groups is 1. The van der Waals surface area contributed by atoms with Crippen molar-refractivity contribution in [2.45, 2.75) is 37.8 Å². The highest BCUT2D eigenvalue weighted by Gasteiger charge is 2.42. The summed E-state index contributed by atoms with van der Waals surface area (Å²) < 4.78 is 0. The van der Waals surface area contributed by atoms with E-state index < -0.39 is 5.66 Å². The molecular formula is C22H26N6O. The van der Waals surface area contributed by atoms with Gasteiger partial charge in [-0.05, 0) is 62.1 Å². The van der Waals surface area contributed by atoms with Crippen LogP contribution >= 0.6 is 0 Å². The van der Waals surface area contributed by atoms with Gasteiger partial charge in [-0.3, -0.25) is 9.69 Å². The topological polar surface area (TPSA) is 100 Å². The fraction of sp³-hybridized carbons (Fsp3) is 0.318. The number of amides is 1. The van der Waals surface area contributed by atoms with Crippen molar-refractivity contribution >= 4 is 29.2 Å². The molecule has 4 rings (SSSR count). The Morgan fingerprint density at radius 3 is 2.31 bits per heavy atom. The molecule has 7 heteroatoms. The molecule has 0 radical (unpaired) electrons. The molecule has 1 aliphatic heterocycles. The number of anilines is 2. The minimum atomic E-state index is -0.486. The first-order valence-corrected chi connectivity index (χ1v) is 9.93. The van der Waals surface area contributed by atoms with Gasteiger partial charge in [0.2, 0.25) is 11.9 Å². The molecule has 1 spiro atoms. The van der Waals surface area contributed by atoms with E-state index in [0.717, 1.165) is 37.1 Å². The monoisotopic (exact) mass is 390 g/mol. The van der Waals surface area contributed by atoms with Gasteiger partial charge < -0.3 is 16.4 Å². The summed E-state index contributed by atoms with van der Waals surface area (Å²) in [5.41, 5.74) is 14.0. The van der Waals surface area contributed by atoms with Crippen LogP contribution in [0.2, 0.25) is 0 Å². The van der Waals surface area contributed by atoms with Gasteiger partial charge in [0.25, 0.3) is 5.91 Å². The molecule has 1 heterocycles. The molecule has 29 heavy (non-hydrogen) atoms. The molecule has 1 saturated carbocycles. The second kappa shape index (κ2) is 7.58. The lowest BCUT2D eigenvalue weighted by molar-refractivity contribution is 0.0993. The lowest BCUT2D eigenvalue weighted by Gasteiger charge is -2.45. The van der Waals surface area contributed by atoms with Gasteiger partial charge in [-0.2, -0.15) is 4.99 Å². The van der Waals surface area contributed by atoms with Crippen LogP contribution in [0.15, 0.2) is 64.6 Å². The lowest BCUT2D eigenvalue weighted by atomic mass is 9.87. The number of nitrogens with zero attached hydrogens (tertiary/aromatic N) is 4. The minimum absolute atomic E-state index is 0.0716. The number of aliphatic imine (C=N–C) groups is 2. The van der Waals surface area contributed by atoms with Crippen molar-refractivity contribution in [2.24, 2.45) is 21.5 Å². The van der Waals surface area contributed by atoms with E-state index in [0.29, 0.717) is 11.5 Å². The number of benzene rings is 2. The fourth-order valence-corrected chi connectivity index (χ4v) is 4.21. The first-order chi connectivity index (χ1) is 14.0. The molecule has 0 unspecified atom stereocenters. The summed E-state index contributed by atoms with van der Waals surface area (Å²) in [4.78, 5) is 25.3. The number of carbonyl (C=O) groups excluding carboxylic acids is 1. The molecule has 1 aliphatic carbocycles. The number of hydrogen-bond acceptors (Lipinski definition) is 6. The van der Waals surface area contributed by atoms with Crippen LogP contribution in [0.5, 0.6) is 0 Å². The van der Waals surface area contributed by atoms with Gasteiger partial charge in [-0.25, -0.2) is 4.99 Å². The third kappa shape index (κ3) is 3.55. The van der Waals surface area contributed by atoms with E-state index in [9.17, 15) is 4.79 Å². The quantitative estimate of drug-likeness (QED) is 0.841. The molecule has 2 aromatic carbocycles. The van der Waals surface area contributed by atoms with Gasteiger partial charge in [0.05, 0.1) is 0 Å². The molecule has 2 aromatic rings. The van der Waals surface area contributed by atoms with Gasteiger partial charge >= 0.3 is 0 Å². The summed E-state index contributed by atoms with van der Waals surface area (Å²) in [6, 6.07) is 17.0. The largest absolute Gasteiger partial charge is 0.369 e. The van der Waals surface area contributed by atoms with Crippen molar-refractivity contribution in [3.8, 4) is 0 Å². The van der Waals surface area contributed by atoms with Gasteiger partial charge in [0.1, 0.15) is 5.66 Å². The Labute approximate surface area is 170 Å². The summed E-state index contributed by atoms with van der Waals surface area (Å²) in [6.45, 7) is 0. The molecule has 0 bridgehead atoms. The van der Waals surface area contributed by atoms with E-state index in [1.165, 1.54) is 6.42 Å². The van der Waals surface area contributed by atoms with Crippen molar-refractivity contribution in [2.75, 3.05) is 16.8 Å². The van der Waals surface area contributed by atoms with Crippen LogP contribution in [0.4, 0.5) is 11.4 Å². The van der Waals surface area contributed by atoms with Crippen LogP contribution in [-0.2, 0) is 0 Å². The molecule has 4 N–H and O–H groups in total. The third-order valence-corrected chi connectivity index (χ3v) is 5.67. The van der Waals surface area contributed by atoms with Gasteiger partial charge in [-0.1, -0.05) is 24.6 Å². The van der Waals surface area contributed by atoms with E-state index >= 15 is 0 Å². The van der Waals surface area contributed by atoms with E-state index in [1.807, 2.05) is 59.5 Å². The van der Waals surface area contributed by atoms with Gasteiger partial charge in [0, 0.05) is 24.0 Å². The molecule has 1 amide bonds. The standard InChI is InChI=1S/C22H26N6O/c1-27(17-8-4-2-5-9-17)19(29)16-10-12-18(13-11-16)28-21(24)25-20(23)26-22(28)14-6-3-7-15-22/h2,4-5,8-13H,3,6-7,14-15H2,1H3,(H4,23,24,25,26). The lowest BCUT2D eigenvalue weighted by Crippen LogP contribution is -2.58. The summed E-state index contributed by atoms with van der Waals surface area (Å²) in [6.07, 6.45) is 5.07. The van der Waals surface area contributed by atoms with Gasteiger partial charge in [0.15, 0.2) is 0 Å². The first kappa shape index (κ1) is 19.0. The molecule has 7 nitrogen and oxygen atoms in total. The minimum Gasteiger partial charge on any atom is -0.369 e. The maximum Gasteiger partial charge on any atom is 0.258 e. The van der Waals surface area contributed by atoms with Crippen LogP contribution < -0.4 is 21.3 Å². The summed E-state index contributed by atoms with van der Waals surface area (Å²) in [5.74, 6) is 0.509. The normalized spacial score (nSPS) is 18.2. The molecule has 2 aliphatic rings. The fourth-order valence-electron chi connectivity index (χ4n) is 4.21. The highest BCUT2D eigenvalue weighted by molar-refractivity contribution is 6.07. The van der Waals surface area contributed by atoms with Gasteiger partial charge in [-0.15, -0.1) is 0 Å². The number of guanidine groups is 2. The molecule has 0 aromatic heterocycles. The van der Waals surface area contributed by atoms with E-state index in [-0.39, 0.29) is 11.9 Å². The van der Waals surface area contributed by atoms with Crippen LogP contribution in [0, 0.1) is 0 Å². The Balaban J connectivity index is 1.61. The molecule has 0 atom stereocenters. The third-order valence-electron chi connectivity index (χ3n) is 5.67. The predicted octanol–water partition coefficient (Wildman–Crippen LogP) is 3.07. The molecule has 0 saturated heterocycles. The Bertz CT molecular complexity index is 945. The van der Waals surface area contributed by atoms with Crippen LogP contribution in [0.25, 0.3) is 0 Å². The Morgan fingerprint density at radius 2 is 1.66 bits per heavy atom. The van der Waals surface area contributed by atoms with Crippen molar-refractivity contribution in [1.29, 1.82) is 0 Å². The second-order valence-corrected chi connectivity index (χ2v) is 7.57. The molecule has 150 valence electrons.